The standard InChI is InChI=1S/C8H11N3O3S/c1-10-8(12)11-15(13,14)7-4-2-6(9)3-5-7/h2-5H,9H2,1H3,(H2,10,11,12). The van der Waals surface area contributed by atoms with Gasteiger partial charge in [0.05, 0.1) is 4.90 Å². The van der Waals surface area contributed by atoms with E-state index in [4.69, 9.17) is 5.73 Å². The van der Waals surface area contributed by atoms with Crippen molar-refractivity contribution in [3.05, 3.63) is 24.3 Å². The number of sulfonamides is 1. The number of nitrogens with two attached hydrogens (primary N) is 1. The molecule has 4 N–H and O–H groups in total. The van der Waals surface area contributed by atoms with Gasteiger partial charge in [0.25, 0.3) is 10.0 Å². The van der Waals surface area contributed by atoms with Crippen molar-refractivity contribution < 1.29 is 13.2 Å². The lowest BCUT2D eigenvalue weighted by Crippen LogP contribution is -2.37. The van der Waals surface area contributed by atoms with Gasteiger partial charge in [0.15, 0.2) is 0 Å². The monoisotopic (exact) mass is 229 g/mol. The van der Waals surface area contributed by atoms with E-state index in [0.717, 1.165) is 0 Å². The number of nitrogen functional groups attached to an aromatic ring is 1. The molecule has 6 nitrogen and oxygen atoms in total. The summed E-state index contributed by atoms with van der Waals surface area (Å²) in [6, 6.07) is 4.74. The lowest BCUT2D eigenvalue weighted by atomic mass is 10.3. The summed E-state index contributed by atoms with van der Waals surface area (Å²) < 4.78 is 24.8. The highest BCUT2D eigenvalue weighted by Crippen LogP contribution is 2.10. The average molecular weight is 229 g/mol. The summed E-state index contributed by atoms with van der Waals surface area (Å²) in [5.74, 6) is 0. The zero-order chi connectivity index (χ0) is 11.5. The predicted molar refractivity (Wildman–Crippen MR) is 55.6 cm³/mol. The molecule has 0 spiro atoms. The molecule has 0 fully saturated rings. The number of nitrogens with one attached hydrogen (secondary N) is 2. The van der Waals surface area contributed by atoms with Gasteiger partial charge in [-0.3, -0.25) is 0 Å². The number of hydrogen-bond donors (Lipinski definition) is 3. The van der Waals surface area contributed by atoms with E-state index in [2.05, 4.69) is 5.32 Å². The molecule has 0 aromatic heterocycles. The molecule has 1 aromatic rings. The van der Waals surface area contributed by atoms with Crippen LogP contribution in [0.4, 0.5) is 10.5 Å². The second-order valence-corrected chi connectivity index (χ2v) is 4.44. The van der Waals surface area contributed by atoms with E-state index in [1.54, 1.807) is 0 Å². The van der Waals surface area contributed by atoms with Gasteiger partial charge >= 0.3 is 6.03 Å². The Balaban J connectivity index is 2.96. The van der Waals surface area contributed by atoms with E-state index in [0.29, 0.717) is 5.69 Å². The van der Waals surface area contributed by atoms with Crippen molar-refractivity contribution in [3.8, 4) is 0 Å². The molecular weight excluding hydrogens is 218 g/mol. The summed E-state index contributed by atoms with van der Waals surface area (Å²) in [5, 5.41) is 2.15. The van der Waals surface area contributed by atoms with Crippen molar-refractivity contribution in [3.63, 3.8) is 0 Å². The molecule has 0 saturated heterocycles. The maximum atomic E-state index is 11.5. The van der Waals surface area contributed by atoms with Crippen LogP contribution in [0, 0.1) is 0 Å². The Hall–Kier alpha value is -1.76. The number of carbonyl (C=O) groups is 1. The first-order valence-corrected chi connectivity index (χ1v) is 5.54. The molecule has 0 aliphatic carbocycles. The maximum Gasteiger partial charge on any atom is 0.328 e. The first-order valence-electron chi connectivity index (χ1n) is 4.06. The van der Waals surface area contributed by atoms with Crippen molar-refractivity contribution in [1.82, 2.24) is 10.0 Å². The number of rotatable bonds is 2. The van der Waals surface area contributed by atoms with Crippen LogP contribution in [0.5, 0.6) is 0 Å². The quantitative estimate of drug-likeness (QED) is 0.615. The van der Waals surface area contributed by atoms with E-state index < -0.39 is 16.1 Å². The average Bonchev–Trinajstić information content (AvgIpc) is 2.17. The van der Waals surface area contributed by atoms with Gasteiger partial charge in [-0.1, -0.05) is 0 Å². The Morgan fingerprint density at radius 2 is 1.80 bits per heavy atom. The summed E-state index contributed by atoms with van der Waals surface area (Å²) in [7, 11) is -2.48. The minimum atomic E-state index is -3.81. The van der Waals surface area contributed by atoms with Crippen LogP contribution >= 0.6 is 0 Å². The Morgan fingerprint density at radius 3 is 2.27 bits per heavy atom. The topological polar surface area (TPSA) is 101 Å². The predicted octanol–water partition coefficient (Wildman–Crippen LogP) is -0.114. The maximum absolute atomic E-state index is 11.5. The van der Waals surface area contributed by atoms with Crippen molar-refractivity contribution in [2.24, 2.45) is 0 Å². The fraction of sp³-hybridized carbons (Fsp3) is 0.125. The fourth-order valence-corrected chi connectivity index (χ4v) is 1.84. The molecule has 2 amide bonds. The van der Waals surface area contributed by atoms with Gasteiger partial charge in [-0.05, 0) is 24.3 Å². The highest BCUT2D eigenvalue weighted by Gasteiger charge is 2.15. The van der Waals surface area contributed by atoms with Crippen LogP contribution < -0.4 is 15.8 Å². The van der Waals surface area contributed by atoms with Gasteiger partial charge in [-0.2, -0.15) is 0 Å². The Bertz CT molecular complexity index is 453. The Kier molecular flexibility index (Phi) is 3.15. The van der Waals surface area contributed by atoms with Crippen LogP contribution in [0.25, 0.3) is 0 Å². The highest BCUT2D eigenvalue weighted by molar-refractivity contribution is 7.90. The minimum Gasteiger partial charge on any atom is -0.399 e. The molecule has 0 heterocycles. The highest BCUT2D eigenvalue weighted by atomic mass is 32.2. The number of urea groups is 1. The second-order valence-electron chi connectivity index (χ2n) is 2.75. The molecule has 7 heteroatoms. The van der Waals surface area contributed by atoms with Crippen LogP contribution in [0.3, 0.4) is 0 Å². The number of hydrogen-bond acceptors (Lipinski definition) is 4. The van der Waals surface area contributed by atoms with Crippen LogP contribution in [-0.4, -0.2) is 21.5 Å². The number of amides is 2. The van der Waals surface area contributed by atoms with Crippen LogP contribution in [0.1, 0.15) is 0 Å². The fourth-order valence-electron chi connectivity index (χ4n) is 0.879. The molecule has 1 rings (SSSR count). The van der Waals surface area contributed by atoms with Crippen LogP contribution in [-0.2, 0) is 10.0 Å². The van der Waals surface area contributed by atoms with E-state index in [1.807, 2.05) is 4.72 Å². The first-order chi connectivity index (χ1) is 6.95. The molecule has 0 atom stereocenters. The smallest absolute Gasteiger partial charge is 0.328 e. The third kappa shape index (κ3) is 2.84. The van der Waals surface area contributed by atoms with Crippen LogP contribution in [0.2, 0.25) is 0 Å². The van der Waals surface area contributed by atoms with Gasteiger partial charge in [0.1, 0.15) is 0 Å². The van der Waals surface area contributed by atoms with Crippen LogP contribution in [0.15, 0.2) is 29.2 Å². The molecule has 0 saturated carbocycles. The van der Waals surface area contributed by atoms with Crippen molar-refractivity contribution in [1.29, 1.82) is 0 Å². The normalized spacial score (nSPS) is 10.7. The Labute approximate surface area is 87.5 Å². The molecule has 0 unspecified atom stereocenters. The molecule has 0 bridgehead atoms. The summed E-state index contributed by atoms with van der Waals surface area (Å²) in [6.07, 6.45) is 0. The summed E-state index contributed by atoms with van der Waals surface area (Å²) in [5.41, 5.74) is 5.86. The lowest BCUT2D eigenvalue weighted by molar-refractivity contribution is 0.248. The van der Waals surface area contributed by atoms with Gasteiger partial charge in [-0.25, -0.2) is 17.9 Å². The lowest BCUT2D eigenvalue weighted by Gasteiger charge is -2.05. The zero-order valence-electron chi connectivity index (χ0n) is 8.02. The van der Waals surface area contributed by atoms with E-state index in [1.165, 1.54) is 31.3 Å². The third-order valence-corrected chi connectivity index (χ3v) is 2.99. The summed E-state index contributed by atoms with van der Waals surface area (Å²) >= 11 is 0. The van der Waals surface area contributed by atoms with Crippen molar-refractivity contribution in [2.45, 2.75) is 4.90 Å². The van der Waals surface area contributed by atoms with Gasteiger partial charge < -0.3 is 11.1 Å². The number of carbonyl (C=O) groups excluding carboxylic acids is 1. The zero-order valence-corrected chi connectivity index (χ0v) is 8.84. The molecule has 0 aliphatic rings. The van der Waals surface area contributed by atoms with Gasteiger partial charge in [0, 0.05) is 12.7 Å². The molecule has 0 aliphatic heterocycles. The molecule has 1 aromatic carbocycles. The first kappa shape index (κ1) is 11.3. The minimum absolute atomic E-state index is 0.0136. The molecular formula is C8H11N3O3S. The molecule has 82 valence electrons. The molecule has 0 radical (unpaired) electrons. The molecule has 15 heavy (non-hydrogen) atoms. The summed E-state index contributed by atoms with van der Waals surface area (Å²) in [6.45, 7) is 0. The van der Waals surface area contributed by atoms with Crippen molar-refractivity contribution >= 4 is 21.7 Å². The largest absolute Gasteiger partial charge is 0.399 e. The second kappa shape index (κ2) is 4.18. The number of benzene rings is 1. The Morgan fingerprint density at radius 1 is 1.27 bits per heavy atom. The van der Waals surface area contributed by atoms with Crippen molar-refractivity contribution in [2.75, 3.05) is 12.8 Å². The van der Waals surface area contributed by atoms with E-state index in [-0.39, 0.29) is 4.90 Å². The van der Waals surface area contributed by atoms with Gasteiger partial charge in [0.2, 0.25) is 0 Å². The third-order valence-electron chi connectivity index (χ3n) is 1.64. The SMILES string of the molecule is CNC(=O)NS(=O)(=O)c1ccc(N)cc1. The van der Waals surface area contributed by atoms with E-state index >= 15 is 0 Å². The van der Waals surface area contributed by atoms with E-state index in [9.17, 15) is 13.2 Å². The number of anilines is 1. The summed E-state index contributed by atoms with van der Waals surface area (Å²) in [4.78, 5) is 10.8. The van der Waals surface area contributed by atoms with Gasteiger partial charge in [-0.15, -0.1) is 0 Å².